The molecule has 0 aliphatic heterocycles. The Morgan fingerprint density at radius 2 is 1.51 bits per heavy atom. The van der Waals surface area contributed by atoms with Crippen LogP contribution in [0.25, 0.3) is 10.8 Å². The summed E-state index contributed by atoms with van der Waals surface area (Å²) < 4.78 is 0. The van der Waals surface area contributed by atoms with Crippen LogP contribution in [0.4, 0.5) is 5.69 Å². The van der Waals surface area contributed by atoms with Crippen molar-refractivity contribution < 1.29 is 14.7 Å². The van der Waals surface area contributed by atoms with Crippen molar-refractivity contribution in [1.29, 1.82) is 0 Å². The lowest BCUT2D eigenvalue weighted by Crippen LogP contribution is -2.32. The fourth-order valence-corrected chi connectivity index (χ4v) is 4.98. The van der Waals surface area contributed by atoms with Gasteiger partial charge in [0.15, 0.2) is 0 Å². The smallest absolute Gasteiger partial charge is 0.258 e. The zero-order valence-electron chi connectivity index (χ0n) is 22.3. The van der Waals surface area contributed by atoms with E-state index in [1.54, 1.807) is 12.1 Å². The molecule has 0 unspecified atom stereocenters. The molecule has 0 aromatic heterocycles. The highest BCUT2D eigenvalue weighted by Gasteiger charge is 2.18. The summed E-state index contributed by atoms with van der Waals surface area (Å²) in [6, 6.07) is 26.0. The topological polar surface area (TPSA) is 69.6 Å². The quantitative estimate of drug-likeness (QED) is 0.179. The van der Waals surface area contributed by atoms with Gasteiger partial charge in [0.1, 0.15) is 5.75 Å². The lowest BCUT2D eigenvalue weighted by Gasteiger charge is -2.23. The largest absolute Gasteiger partial charge is 0.506 e. The van der Waals surface area contributed by atoms with E-state index in [4.69, 9.17) is 11.6 Å². The number of phenolic OH excluding ortho intramolecular Hbond substituents is 1. The minimum atomic E-state index is -0.375. The van der Waals surface area contributed by atoms with Gasteiger partial charge in [-0.25, -0.2) is 0 Å². The molecule has 2 amide bonds. The predicted octanol–water partition coefficient (Wildman–Crippen LogP) is 7.79. The average molecular weight is 543 g/mol. The number of hydrogen-bond donors (Lipinski definition) is 2. The number of anilines is 1. The van der Waals surface area contributed by atoms with Crippen LogP contribution < -0.4 is 10.2 Å². The summed E-state index contributed by atoms with van der Waals surface area (Å²) in [5.74, 6) is -0.450. The zero-order chi connectivity index (χ0) is 27.6. The van der Waals surface area contributed by atoms with E-state index >= 15 is 0 Å². The van der Waals surface area contributed by atoms with E-state index < -0.39 is 0 Å². The monoisotopic (exact) mass is 542 g/mol. The maximum absolute atomic E-state index is 13.3. The average Bonchev–Trinajstić information content (AvgIpc) is 2.97. The first kappa shape index (κ1) is 28.2. The first-order chi connectivity index (χ1) is 19.0. The summed E-state index contributed by atoms with van der Waals surface area (Å²) in [5, 5.41) is 15.2. The number of fused-ring (bicyclic) bond motifs is 1. The number of phenols is 1. The molecule has 0 saturated carbocycles. The van der Waals surface area contributed by atoms with Crippen LogP contribution in [-0.2, 0) is 6.42 Å². The lowest BCUT2D eigenvalue weighted by molar-refractivity contribution is 0.0950. The Labute approximate surface area is 235 Å². The van der Waals surface area contributed by atoms with Crippen molar-refractivity contribution in [2.75, 3.05) is 18.0 Å². The molecule has 0 radical (unpaired) electrons. The Balaban J connectivity index is 1.39. The maximum atomic E-state index is 13.3. The molecule has 4 aromatic rings. The van der Waals surface area contributed by atoms with Crippen LogP contribution in [0.15, 0.2) is 84.9 Å². The molecule has 0 aliphatic carbocycles. The third-order valence-corrected chi connectivity index (χ3v) is 7.22. The Morgan fingerprint density at radius 3 is 2.23 bits per heavy atom. The molecule has 6 heteroatoms. The molecule has 4 aromatic carbocycles. The minimum Gasteiger partial charge on any atom is -0.506 e. The summed E-state index contributed by atoms with van der Waals surface area (Å²) in [5.41, 5.74) is 2.73. The van der Waals surface area contributed by atoms with Crippen molar-refractivity contribution in [2.45, 2.75) is 45.4 Å². The summed E-state index contributed by atoms with van der Waals surface area (Å²) in [6.07, 6.45) is 6.24. The third-order valence-electron chi connectivity index (χ3n) is 6.91. The van der Waals surface area contributed by atoms with Crippen LogP contribution in [0.5, 0.6) is 5.75 Å². The van der Waals surface area contributed by atoms with Crippen LogP contribution in [0.3, 0.4) is 0 Å². The number of carbonyl (C=O) groups is 2. The van der Waals surface area contributed by atoms with E-state index in [0.29, 0.717) is 40.9 Å². The Morgan fingerprint density at radius 1 is 0.846 bits per heavy atom. The van der Waals surface area contributed by atoms with E-state index in [9.17, 15) is 14.7 Å². The van der Waals surface area contributed by atoms with E-state index in [1.807, 2.05) is 71.6 Å². The number of carbonyl (C=O) groups excluding carboxylic acids is 2. The van der Waals surface area contributed by atoms with Gasteiger partial charge in [-0.3, -0.25) is 9.59 Å². The summed E-state index contributed by atoms with van der Waals surface area (Å²) in [4.78, 5) is 28.0. The SMILES string of the molecule is CCCCCCCN(C(=O)c1ccccc1)c1ccc(CCNC(=O)c2cc(Cl)c3ccccc3c2O)cc1. The second kappa shape index (κ2) is 13.8. The molecule has 0 fully saturated rings. The van der Waals surface area contributed by atoms with Gasteiger partial charge in [-0.1, -0.05) is 98.8 Å². The highest BCUT2D eigenvalue weighted by atomic mass is 35.5. The molecule has 0 bridgehead atoms. The highest BCUT2D eigenvalue weighted by molar-refractivity contribution is 6.36. The standard InChI is InChI=1S/C33H35ClN2O3/c1-2-3-4-5-11-22-36(33(39)25-12-7-6-8-13-25)26-18-16-24(17-19-26)20-21-35-32(38)29-23-30(34)27-14-9-10-15-28(27)31(29)37/h6-10,12-19,23,37H,2-5,11,20-22H2,1H3,(H,35,38). The van der Waals surface area contributed by atoms with Crippen LogP contribution in [-0.4, -0.2) is 30.0 Å². The molecule has 0 spiro atoms. The maximum Gasteiger partial charge on any atom is 0.258 e. The molecule has 0 saturated heterocycles. The van der Waals surface area contributed by atoms with Crippen molar-refractivity contribution in [3.8, 4) is 5.75 Å². The van der Waals surface area contributed by atoms with Gasteiger partial charge in [0, 0.05) is 40.1 Å². The van der Waals surface area contributed by atoms with E-state index in [0.717, 1.165) is 24.1 Å². The molecule has 4 rings (SSSR count). The normalized spacial score (nSPS) is 10.9. The van der Waals surface area contributed by atoms with Crippen LogP contribution in [0, 0.1) is 0 Å². The van der Waals surface area contributed by atoms with Crippen molar-refractivity contribution in [3.63, 3.8) is 0 Å². The summed E-state index contributed by atoms with van der Waals surface area (Å²) >= 11 is 6.34. The fraction of sp³-hybridized carbons (Fsp3) is 0.273. The molecule has 0 aliphatic rings. The molecule has 0 heterocycles. The van der Waals surface area contributed by atoms with Crippen molar-refractivity contribution in [1.82, 2.24) is 5.32 Å². The number of aromatic hydroxyl groups is 1. The van der Waals surface area contributed by atoms with Gasteiger partial charge in [-0.15, -0.1) is 0 Å². The number of benzene rings is 4. The first-order valence-electron chi connectivity index (χ1n) is 13.6. The molecule has 0 atom stereocenters. The number of nitrogens with zero attached hydrogens (tertiary/aromatic N) is 1. The van der Waals surface area contributed by atoms with Gasteiger partial charge in [0.2, 0.25) is 0 Å². The van der Waals surface area contributed by atoms with E-state index in [2.05, 4.69) is 12.2 Å². The molecule has 5 nitrogen and oxygen atoms in total. The van der Waals surface area contributed by atoms with Gasteiger partial charge < -0.3 is 15.3 Å². The number of nitrogens with one attached hydrogen (secondary N) is 1. The van der Waals surface area contributed by atoms with Gasteiger partial charge in [0.05, 0.1) is 5.56 Å². The molecule has 39 heavy (non-hydrogen) atoms. The number of rotatable bonds is 12. The van der Waals surface area contributed by atoms with Crippen molar-refractivity contribution in [3.05, 3.63) is 107 Å². The summed E-state index contributed by atoms with van der Waals surface area (Å²) in [7, 11) is 0. The number of halogens is 1. The first-order valence-corrected chi connectivity index (χ1v) is 14.0. The molecular formula is C33H35ClN2O3. The highest BCUT2D eigenvalue weighted by Crippen LogP contribution is 2.34. The van der Waals surface area contributed by atoms with E-state index in [-0.39, 0.29) is 23.1 Å². The Hall–Kier alpha value is -3.83. The molecule has 202 valence electrons. The van der Waals surface area contributed by atoms with Gasteiger partial charge >= 0.3 is 0 Å². The van der Waals surface area contributed by atoms with Crippen molar-refractivity contribution in [2.24, 2.45) is 0 Å². The van der Waals surface area contributed by atoms with Crippen LogP contribution in [0.1, 0.15) is 65.3 Å². The number of amides is 2. The summed E-state index contributed by atoms with van der Waals surface area (Å²) in [6.45, 7) is 3.26. The third kappa shape index (κ3) is 7.18. The number of hydrogen-bond acceptors (Lipinski definition) is 3. The number of unbranched alkanes of at least 4 members (excludes halogenated alkanes) is 4. The van der Waals surface area contributed by atoms with Crippen LogP contribution in [0.2, 0.25) is 5.02 Å². The van der Waals surface area contributed by atoms with E-state index in [1.165, 1.54) is 25.3 Å². The zero-order valence-corrected chi connectivity index (χ0v) is 23.1. The lowest BCUT2D eigenvalue weighted by atomic mass is 10.0. The van der Waals surface area contributed by atoms with Gasteiger partial charge in [-0.2, -0.15) is 0 Å². The predicted molar refractivity (Wildman–Crippen MR) is 160 cm³/mol. The van der Waals surface area contributed by atoms with Crippen LogP contribution >= 0.6 is 11.6 Å². The van der Waals surface area contributed by atoms with Crippen molar-refractivity contribution >= 4 is 39.9 Å². The minimum absolute atomic E-state index is 0.0000385. The van der Waals surface area contributed by atoms with Gasteiger partial charge in [-0.05, 0) is 48.7 Å². The fourth-order valence-electron chi connectivity index (χ4n) is 4.70. The Bertz CT molecular complexity index is 1400. The Kier molecular flexibility index (Phi) is 9.98. The second-order valence-corrected chi connectivity index (χ2v) is 10.1. The molecular weight excluding hydrogens is 508 g/mol. The second-order valence-electron chi connectivity index (χ2n) is 9.71. The molecule has 2 N–H and O–H groups in total. The van der Waals surface area contributed by atoms with Gasteiger partial charge in [0.25, 0.3) is 11.8 Å².